The number of rotatable bonds is 4. The second kappa shape index (κ2) is 5.31. The zero-order chi connectivity index (χ0) is 13.9. The van der Waals surface area contributed by atoms with Crippen molar-refractivity contribution in [3.63, 3.8) is 0 Å². The maximum atomic E-state index is 12.4. The molecule has 2 rings (SSSR count). The lowest BCUT2D eigenvalue weighted by Crippen LogP contribution is -2.58. The van der Waals surface area contributed by atoms with Crippen LogP contribution >= 0.6 is 0 Å². The Kier molecular flexibility index (Phi) is 3.92. The molecule has 0 radical (unpaired) electrons. The Morgan fingerprint density at radius 2 is 1.95 bits per heavy atom. The molecule has 0 aliphatic heterocycles. The minimum atomic E-state index is -0.784. The van der Waals surface area contributed by atoms with Crippen molar-refractivity contribution in [3.8, 4) is 0 Å². The summed E-state index contributed by atoms with van der Waals surface area (Å²) in [5, 5.41) is 12.6. The number of carbonyl (C=O) groups is 1. The first-order chi connectivity index (χ1) is 9.00. The van der Waals surface area contributed by atoms with E-state index in [4.69, 9.17) is 5.73 Å². The SMILES string of the molecule is CC(CO)(NC(=O)C1(N)CCCC1)c1ccccc1. The Morgan fingerprint density at radius 1 is 1.37 bits per heavy atom. The van der Waals surface area contributed by atoms with Crippen molar-refractivity contribution in [3.05, 3.63) is 35.9 Å². The Bertz CT molecular complexity index is 441. The summed E-state index contributed by atoms with van der Waals surface area (Å²) in [6, 6.07) is 9.49. The lowest BCUT2D eigenvalue weighted by Gasteiger charge is -2.33. The normalized spacial score (nSPS) is 20.8. The van der Waals surface area contributed by atoms with E-state index in [9.17, 15) is 9.90 Å². The third kappa shape index (κ3) is 2.80. The smallest absolute Gasteiger partial charge is 0.240 e. The fourth-order valence-electron chi connectivity index (χ4n) is 2.62. The van der Waals surface area contributed by atoms with Crippen molar-refractivity contribution in [2.45, 2.75) is 43.7 Å². The summed E-state index contributed by atoms with van der Waals surface area (Å²) in [5.41, 5.74) is 5.47. The van der Waals surface area contributed by atoms with Gasteiger partial charge in [-0.05, 0) is 25.3 Å². The van der Waals surface area contributed by atoms with Crippen LogP contribution in [-0.4, -0.2) is 23.2 Å². The van der Waals surface area contributed by atoms with Crippen LogP contribution in [0.15, 0.2) is 30.3 Å². The topological polar surface area (TPSA) is 75.3 Å². The molecule has 0 saturated heterocycles. The summed E-state index contributed by atoms with van der Waals surface area (Å²) in [4.78, 5) is 12.4. The van der Waals surface area contributed by atoms with Crippen LogP contribution in [0.3, 0.4) is 0 Å². The highest BCUT2D eigenvalue weighted by Crippen LogP contribution is 2.29. The molecule has 4 N–H and O–H groups in total. The molecule has 4 heteroatoms. The number of hydrogen-bond donors (Lipinski definition) is 3. The molecule has 0 aromatic heterocycles. The number of aliphatic hydroxyl groups excluding tert-OH is 1. The molecule has 1 aromatic rings. The van der Waals surface area contributed by atoms with Gasteiger partial charge in [-0.3, -0.25) is 4.79 Å². The third-order valence-electron chi connectivity index (χ3n) is 4.06. The van der Waals surface area contributed by atoms with Crippen LogP contribution in [0, 0.1) is 0 Å². The summed E-state index contributed by atoms with van der Waals surface area (Å²) in [7, 11) is 0. The van der Waals surface area contributed by atoms with Crippen LogP contribution in [0.2, 0.25) is 0 Å². The maximum Gasteiger partial charge on any atom is 0.240 e. The van der Waals surface area contributed by atoms with Crippen molar-refractivity contribution in [1.29, 1.82) is 0 Å². The van der Waals surface area contributed by atoms with E-state index < -0.39 is 11.1 Å². The molecule has 0 bridgehead atoms. The van der Waals surface area contributed by atoms with Crippen molar-refractivity contribution in [2.24, 2.45) is 5.73 Å². The van der Waals surface area contributed by atoms with Crippen molar-refractivity contribution >= 4 is 5.91 Å². The predicted molar refractivity (Wildman–Crippen MR) is 74.4 cm³/mol. The summed E-state index contributed by atoms with van der Waals surface area (Å²) in [6.45, 7) is 1.66. The molecule has 0 spiro atoms. The second-order valence-electron chi connectivity index (χ2n) is 5.67. The molecule has 104 valence electrons. The van der Waals surface area contributed by atoms with E-state index in [1.165, 1.54) is 0 Å². The van der Waals surface area contributed by atoms with Crippen LogP contribution in [0.5, 0.6) is 0 Å². The number of aliphatic hydroxyl groups is 1. The minimum Gasteiger partial charge on any atom is -0.394 e. The van der Waals surface area contributed by atoms with E-state index in [2.05, 4.69) is 5.32 Å². The molecule has 0 heterocycles. The Hall–Kier alpha value is -1.39. The molecule has 1 aromatic carbocycles. The van der Waals surface area contributed by atoms with E-state index in [0.29, 0.717) is 0 Å². The van der Waals surface area contributed by atoms with E-state index in [1.807, 2.05) is 37.3 Å². The van der Waals surface area contributed by atoms with Gasteiger partial charge in [0.1, 0.15) is 0 Å². The quantitative estimate of drug-likeness (QED) is 0.765. The number of benzene rings is 1. The van der Waals surface area contributed by atoms with Gasteiger partial charge in [-0.1, -0.05) is 43.2 Å². The third-order valence-corrected chi connectivity index (χ3v) is 4.06. The second-order valence-corrected chi connectivity index (χ2v) is 5.67. The molecule has 1 atom stereocenters. The Labute approximate surface area is 114 Å². The van der Waals surface area contributed by atoms with E-state index >= 15 is 0 Å². The average molecular weight is 262 g/mol. The zero-order valence-electron chi connectivity index (χ0n) is 11.4. The molecule has 1 aliphatic rings. The fraction of sp³-hybridized carbons (Fsp3) is 0.533. The molecule has 1 amide bonds. The number of carbonyl (C=O) groups excluding carboxylic acids is 1. The van der Waals surface area contributed by atoms with Crippen LogP contribution in [-0.2, 0) is 10.3 Å². The first-order valence-electron chi connectivity index (χ1n) is 6.78. The van der Waals surface area contributed by atoms with E-state index in [-0.39, 0.29) is 12.5 Å². The first kappa shape index (κ1) is 14.0. The lowest BCUT2D eigenvalue weighted by molar-refractivity contribution is -0.128. The van der Waals surface area contributed by atoms with Gasteiger partial charge in [0.2, 0.25) is 5.91 Å². The van der Waals surface area contributed by atoms with Gasteiger partial charge >= 0.3 is 0 Å². The van der Waals surface area contributed by atoms with E-state index in [0.717, 1.165) is 31.2 Å². The van der Waals surface area contributed by atoms with Gasteiger partial charge in [-0.2, -0.15) is 0 Å². The number of hydrogen-bond acceptors (Lipinski definition) is 3. The molecule has 1 unspecified atom stereocenters. The molecule has 4 nitrogen and oxygen atoms in total. The highest BCUT2D eigenvalue weighted by Gasteiger charge is 2.40. The highest BCUT2D eigenvalue weighted by atomic mass is 16.3. The summed E-state index contributed by atoms with van der Waals surface area (Å²) < 4.78 is 0. The molecule has 1 fully saturated rings. The summed E-state index contributed by atoms with van der Waals surface area (Å²) in [6.07, 6.45) is 3.42. The molecular formula is C15H22N2O2. The molecular weight excluding hydrogens is 240 g/mol. The largest absolute Gasteiger partial charge is 0.394 e. The monoisotopic (exact) mass is 262 g/mol. The predicted octanol–water partition coefficient (Wildman–Crippen LogP) is 1.28. The van der Waals surface area contributed by atoms with Gasteiger partial charge in [0, 0.05) is 0 Å². The molecule has 19 heavy (non-hydrogen) atoms. The average Bonchev–Trinajstić information content (AvgIpc) is 2.88. The van der Waals surface area contributed by atoms with Crippen molar-refractivity contribution in [1.82, 2.24) is 5.32 Å². The van der Waals surface area contributed by atoms with Crippen molar-refractivity contribution < 1.29 is 9.90 Å². The Balaban J connectivity index is 2.17. The molecule has 1 aliphatic carbocycles. The number of nitrogens with two attached hydrogens (primary N) is 1. The van der Waals surface area contributed by atoms with Crippen molar-refractivity contribution in [2.75, 3.05) is 6.61 Å². The number of nitrogens with one attached hydrogen (secondary N) is 1. The van der Waals surface area contributed by atoms with E-state index in [1.54, 1.807) is 0 Å². The van der Waals surface area contributed by atoms with Gasteiger partial charge in [0.05, 0.1) is 17.7 Å². The standard InChI is InChI=1S/C15H22N2O2/c1-14(11-18,12-7-3-2-4-8-12)17-13(19)15(16)9-5-6-10-15/h2-4,7-8,18H,5-6,9-11,16H2,1H3,(H,17,19). The minimum absolute atomic E-state index is 0.154. The van der Waals surface area contributed by atoms with Crippen LogP contribution in [0.4, 0.5) is 0 Å². The molecule has 1 saturated carbocycles. The zero-order valence-corrected chi connectivity index (χ0v) is 11.4. The summed E-state index contributed by atoms with van der Waals surface area (Å²) in [5.74, 6) is -0.162. The highest BCUT2D eigenvalue weighted by molar-refractivity contribution is 5.87. The van der Waals surface area contributed by atoms with Crippen LogP contribution < -0.4 is 11.1 Å². The first-order valence-corrected chi connectivity index (χ1v) is 6.78. The number of amides is 1. The maximum absolute atomic E-state index is 12.4. The van der Waals surface area contributed by atoms with Gasteiger partial charge in [-0.25, -0.2) is 0 Å². The lowest BCUT2D eigenvalue weighted by atomic mass is 9.90. The van der Waals surface area contributed by atoms with Crippen LogP contribution in [0.25, 0.3) is 0 Å². The van der Waals surface area contributed by atoms with Gasteiger partial charge < -0.3 is 16.2 Å². The van der Waals surface area contributed by atoms with Crippen LogP contribution in [0.1, 0.15) is 38.2 Å². The fourth-order valence-corrected chi connectivity index (χ4v) is 2.62. The van der Waals surface area contributed by atoms with Gasteiger partial charge in [0.25, 0.3) is 0 Å². The van der Waals surface area contributed by atoms with Gasteiger partial charge in [0.15, 0.2) is 0 Å². The van der Waals surface area contributed by atoms with Gasteiger partial charge in [-0.15, -0.1) is 0 Å². The summed E-state index contributed by atoms with van der Waals surface area (Å²) >= 11 is 0. The Morgan fingerprint density at radius 3 is 2.47 bits per heavy atom.